The number of anilines is 2. The van der Waals surface area contributed by atoms with E-state index in [-0.39, 0.29) is 24.1 Å². The summed E-state index contributed by atoms with van der Waals surface area (Å²) < 4.78 is 1.34. The van der Waals surface area contributed by atoms with Crippen molar-refractivity contribution in [2.45, 2.75) is 13.3 Å². The van der Waals surface area contributed by atoms with Gasteiger partial charge in [-0.3, -0.25) is 19.8 Å². The fourth-order valence-electron chi connectivity index (χ4n) is 2.54. The number of aromatic nitrogens is 3. The van der Waals surface area contributed by atoms with Crippen LogP contribution >= 0.6 is 0 Å². The maximum absolute atomic E-state index is 12.2. The summed E-state index contributed by atoms with van der Waals surface area (Å²) in [5, 5.41) is 9.86. The summed E-state index contributed by atoms with van der Waals surface area (Å²) in [6, 6.07) is 6.91. The van der Waals surface area contributed by atoms with Crippen LogP contribution in [0.2, 0.25) is 0 Å². The van der Waals surface area contributed by atoms with Gasteiger partial charge in [0.25, 0.3) is 0 Å². The van der Waals surface area contributed by atoms with E-state index < -0.39 is 5.92 Å². The fourth-order valence-corrected chi connectivity index (χ4v) is 2.54. The fraction of sp³-hybridized carbons (Fsp3) is 0.267. The molecule has 1 fully saturated rings. The molecule has 0 bridgehead atoms. The first-order valence-corrected chi connectivity index (χ1v) is 7.36. The number of hydrogen-bond acceptors (Lipinski definition) is 5. The molecule has 1 aliphatic rings. The SMILES string of the molecule is CC(=O)Nc1ccc(N2CC(C(=O)Nn3cnnc3)CC2=O)cc1. The Balaban J connectivity index is 1.66. The lowest BCUT2D eigenvalue weighted by molar-refractivity contribution is -0.123. The molecule has 3 amide bonds. The number of hydrogen-bond donors (Lipinski definition) is 2. The Hall–Kier alpha value is -3.23. The number of carbonyl (C=O) groups excluding carboxylic acids is 3. The van der Waals surface area contributed by atoms with Gasteiger partial charge in [0.15, 0.2) is 0 Å². The molecule has 1 aromatic heterocycles. The summed E-state index contributed by atoms with van der Waals surface area (Å²) in [4.78, 5) is 37.0. The summed E-state index contributed by atoms with van der Waals surface area (Å²) in [5.41, 5.74) is 3.95. The molecule has 124 valence electrons. The zero-order valence-corrected chi connectivity index (χ0v) is 13.0. The molecule has 0 radical (unpaired) electrons. The van der Waals surface area contributed by atoms with Crippen LogP contribution in [0.1, 0.15) is 13.3 Å². The molecule has 2 aromatic rings. The molecule has 1 unspecified atom stereocenters. The molecule has 24 heavy (non-hydrogen) atoms. The lowest BCUT2D eigenvalue weighted by Gasteiger charge is -2.17. The number of benzene rings is 1. The van der Waals surface area contributed by atoms with Crippen molar-refractivity contribution in [2.24, 2.45) is 5.92 Å². The standard InChI is InChI=1S/C15H16N6O3/c1-10(22)18-12-2-4-13(5-3-12)21-7-11(6-14(21)23)15(24)19-20-8-16-17-9-20/h2-5,8-9,11H,6-7H2,1H3,(H,18,22)(H,19,24). The zero-order valence-electron chi connectivity index (χ0n) is 13.0. The van der Waals surface area contributed by atoms with Crippen molar-refractivity contribution in [3.05, 3.63) is 36.9 Å². The van der Waals surface area contributed by atoms with E-state index in [0.29, 0.717) is 17.9 Å². The predicted molar refractivity (Wildman–Crippen MR) is 85.6 cm³/mol. The molecule has 0 spiro atoms. The van der Waals surface area contributed by atoms with Gasteiger partial charge in [0.2, 0.25) is 17.7 Å². The minimum Gasteiger partial charge on any atom is -0.326 e. The second kappa shape index (κ2) is 6.49. The van der Waals surface area contributed by atoms with Gasteiger partial charge in [-0.25, -0.2) is 4.68 Å². The molecule has 2 N–H and O–H groups in total. The van der Waals surface area contributed by atoms with Crippen LogP contribution in [0.15, 0.2) is 36.9 Å². The van der Waals surface area contributed by atoms with Crippen molar-refractivity contribution in [3.8, 4) is 0 Å². The van der Waals surface area contributed by atoms with Crippen LogP contribution in [-0.4, -0.2) is 39.1 Å². The van der Waals surface area contributed by atoms with Gasteiger partial charge >= 0.3 is 0 Å². The maximum Gasteiger partial charge on any atom is 0.244 e. The average molecular weight is 328 g/mol. The molecule has 2 heterocycles. The summed E-state index contributed by atoms with van der Waals surface area (Å²) in [7, 11) is 0. The Morgan fingerprint density at radius 1 is 1.17 bits per heavy atom. The van der Waals surface area contributed by atoms with Crippen LogP contribution < -0.4 is 15.6 Å². The normalized spacial score (nSPS) is 17.0. The number of rotatable bonds is 4. The molecule has 1 atom stereocenters. The monoisotopic (exact) mass is 328 g/mol. The predicted octanol–water partition coefficient (Wildman–Crippen LogP) is 0.360. The quantitative estimate of drug-likeness (QED) is 0.842. The third-order valence-electron chi connectivity index (χ3n) is 3.65. The maximum atomic E-state index is 12.2. The van der Waals surface area contributed by atoms with Crippen molar-refractivity contribution in [2.75, 3.05) is 22.2 Å². The minimum atomic E-state index is -0.449. The van der Waals surface area contributed by atoms with Gasteiger partial charge in [0.05, 0.1) is 5.92 Å². The molecule has 1 aromatic carbocycles. The third-order valence-corrected chi connectivity index (χ3v) is 3.65. The molecular weight excluding hydrogens is 312 g/mol. The van der Waals surface area contributed by atoms with E-state index in [1.165, 1.54) is 24.3 Å². The Labute approximate surface area is 137 Å². The van der Waals surface area contributed by atoms with Crippen molar-refractivity contribution >= 4 is 29.1 Å². The number of nitrogens with zero attached hydrogens (tertiary/aromatic N) is 4. The molecule has 1 aliphatic heterocycles. The smallest absolute Gasteiger partial charge is 0.244 e. The Morgan fingerprint density at radius 2 is 1.83 bits per heavy atom. The molecule has 1 saturated heterocycles. The van der Waals surface area contributed by atoms with Gasteiger partial charge in [-0.1, -0.05) is 0 Å². The van der Waals surface area contributed by atoms with Gasteiger partial charge in [-0.2, -0.15) is 0 Å². The Bertz CT molecular complexity index is 756. The highest BCUT2D eigenvalue weighted by Crippen LogP contribution is 2.26. The van der Waals surface area contributed by atoms with Gasteiger partial charge in [-0.15, -0.1) is 10.2 Å². The number of nitrogens with one attached hydrogen (secondary N) is 2. The van der Waals surface area contributed by atoms with E-state index >= 15 is 0 Å². The highest BCUT2D eigenvalue weighted by atomic mass is 16.2. The first-order chi connectivity index (χ1) is 11.5. The van der Waals surface area contributed by atoms with Crippen LogP contribution in [0.5, 0.6) is 0 Å². The van der Waals surface area contributed by atoms with E-state index in [9.17, 15) is 14.4 Å². The second-order valence-corrected chi connectivity index (χ2v) is 5.48. The summed E-state index contributed by atoms with van der Waals surface area (Å²) >= 11 is 0. The van der Waals surface area contributed by atoms with E-state index in [4.69, 9.17) is 0 Å². The number of amides is 3. The molecule has 0 saturated carbocycles. The van der Waals surface area contributed by atoms with Gasteiger partial charge in [0.1, 0.15) is 12.7 Å². The van der Waals surface area contributed by atoms with Crippen LogP contribution in [0.3, 0.4) is 0 Å². The Morgan fingerprint density at radius 3 is 2.46 bits per heavy atom. The highest BCUT2D eigenvalue weighted by Gasteiger charge is 2.35. The molecule has 3 rings (SSSR count). The van der Waals surface area contributed by atoms with Gasteiger partial charge in [-0.05, 0) is 24.3 Å². The third kappa shape index (κ3) is 3.40. The van der Waals surface area contributed by atoms with E-state index in [2.05, 4.69) is 20.9 Å². The van der Waals surface area contributed by atoms with Crippen molar-refractivity contribution < 1.29 is 14.4 Å². The topological polar surface area (TPSA) is 109 Å². The minimum absolute atomic E-state index is 0.119. The Kier molecular flexibility index (Phi) is 4.23. The van der Waals surface area contributed by atoms with Crippen LogP contribution in [0, 0.1) is 5.92 Å². The van der Waals surface area contributed by atoms with E-state index in [0.717, 1.165) is 0 Å². The van der Waals surface area contributed by atoms with Crippen LogP contribution in [-0.2, 0) is 14.4 Å². The largest absolute Gasteiger partial charge is 0.326 e. The van der Waals surface area contributed by atoms with Crippen LogP contribution in [0.4, 0.5) is 11.4 Å². The van der Waals surface area contributed by atoms with E-state index in [1.54, 1.807) is 29.2 Å². The number of carbonyl (C=O) groups is 3. The van der Waals surface area contributed by atoms with E-state index in [1.807, 2.05) is 0 Å². The molecule has 0 aliphatic carbocycles. The molecular formula is C15H16N6O3. The highest BCUT2D eigenvalue weighted by molar-refractivity contribution is 6.02. The van der Waals surface area contributed by atoms with Gasteiger partial charge < -0.3 is 10.2 Å². The van der Waals surface area contributed by atoms with Crippen molar-refractivity contribution in [1.29, 1.82) is 0 Å². The first-order valence-electron chi connectivity index (χ1n) is 7.36. The lowest BCUT2D eigenvalue weighted by atomic mass is 10.1. The summed E-state index contributed by atoms with van der Waals surface area (Å²) in [6.45, 7) is 1.73. The van der Waals surface area contributed by atoms with Crippen LogP contribution in [0.25, 0.3) is 0 Å². The second-order valence-electron chi connectivity index (χ2n) is 5.48. The zero-order chi connectivity index (χ0) is 17.1. The molecule has 9 nitrogen and oxygen atoms in total. The summed E-state index contributed by atoms with van der Waals surface area (Å²) in [5.74, 6) is -0.993. The molecule has 9 heteroatoms. The first kappa shape index (κ1) is 15.7. The summed E-state index contributed by atoms with van der Waals surface area (Å²) in [6.07, 6.45) is 2.88. The van der Waals surface area contributed by atoms with Crippen molar-refractivity contribution in [1.82, 2.24) is 14.9 Å². The average Bonchev–Trinajstić information content (AvgIpc) is 3.17. The van der Waals surface area contributed by atoms with Crippen molar-refractivity contribution in [3.63, 3.8) is 0 Å². The van der Waals surface area contributed by atoms with Gasteiger partial charge in [0, 0.05) is 31.3 Å². The lowest BCUT2D eigenvalue weighted by Crippen LogP contribution is -2.31.